The smallest absolute Gasteiger partial charge is 0.145 e. The van der Waals surface area contributed by atoms with Crippen molar-refractivity contribution in [2.75, 3.05) is 0 Å². The molecule has 8 aromatic carbocycles. The Hall–Kier alpha value is -7.55. The van der Waals surface area contributed by atoms with Crippen molar-refractivity contribution in [1.82, 2.24) is 9.13 Å². The van der Waals surface area contributed by atoms with Crippen LogP contribution in [-0.2, 0) is 0 Å². The Kier molecular flexibility index (Phi) is 5.78. The monoisotopic (exact) mass is 689 g/mol. The van der Waals surface area contributed by atoms with Crippen LogP contribution >= 0.6 is 0 Å². The summed E-state index contributed by atoms with van der Waals surface area (Å²) in [6.45, 7) is 0. The van der Waals surface area contributed by atoms with Gasteiger partial charge in [0.15, 0.2) is 0 Å². The van der Waals surface area contributed by atoms with Crippen molar-refractivity contribution < 1.29 is 8.83 Å². The van der Waals surface area contributed by atoms with Crippen LogP contribution in [0.15, 0.2) is 173 Å². The van der Waals surface area contributed by atoms with Crippen molar-refractivity contribution in [2.24, 2.45) is 0 Å². The van der Waals surface area contributed by atoms with Gasteiger partial charge >= 0.3 is 0 Å². The van der Waals surface area contributed by atoms with Crippen molar-refractivity contribution >= 4 is 87.5 Å². The lowest BCUT2D eigenvalue weighted by molar-refractivity contribution is 0.672. The van der Waals surface area contributed by atoms with Crippen LogP contribution in [0, 0.1) is 11.3 Å². The molecule has 0 N–H and O–H groups in total. The fourth-order valence-electron chi connectivity index (χ4n) is 8.88. The molecule has 4 heterocycles. The van der Waals surface area contributed by atoms with Gasteiger partial charge in [-0.2, -0.15) is 5.26 Å². The fraction of sp³-hybridized carbons (Fsp3) is 0. The van der Waals surface area contributed by atoms with E-state index in [1.165, 1.54) is 0 Å². The minimum atomic E-state index is 0.583. The van der Waals surface area contributed by atoms with Gasteiger partial charge in [-0.3, -0.25) is 0 Å². The average Bonchev–Trinajstić information content (AvgIpc) is 3.98. The quantitative estimate of drug-likeness (QED) is 0.185. The Morgan fingerprint density at radius 1 is 0.426 bits per heavy atom. The molecule has 12 aromatic rings. The highest BCUT2D eigenvalue weighted by atomic mass is 16.3. The molecule has 5 nitrogen and oxygen atoms in total. The standard InChI is InChI=1S/C49H27N3O2/c50-28-29-25-30(27-31(26-29)51-40-17-7-2-14-37(40)46-42(51)23-21-35-33-12-4-9-19-44(33)53-48(35)46)32-11-1-6-16-39(32)52-41-18-8-3-15-38(41)47-43(52)24-22-36-34-13-5-10-20-45(34)54-49(36)47/h1-27H. The first-order valence-corrected chi connectivity index (χ1v) is 18.1. The third kappa shape index (κ3) is 3.86. The van der Waals surface area contributed by atoms with Gasteiger partial charge in [0.1, 0.15) is 22.3 Å². The molecule has 0 saturated carbocycles. The Bertz CT molecular complexity index is 3590. The van der Waals surface area contributed by atoms with Crippen LogP contribution in [0.1, 0.15) is 5.56 Å². The highest BCUT2D eigenvalue weighted by Crippen LogP contribution is 2.44. The number of hydrogen-bond acceptors (Lipinski definition) is 3. The van der Waals surface area contributed by atoms with Gasteiger partial charge in [0.2, 0.25) is 0 Å². The zero-order valence-corrected chi connectivity index (χ0v) is 28.7. The van der Waals surface area contributed by atoms with Crippen molar-refractivity contribution in [3.8, 4) is 28.6 Å². The van der Waals surface area contributed by atoms with Crippen LogP contribution in [0.25, 0.3) is 110 Å². The molecule has 0 fully saturated rings. The molecule has 5 heteroatoms. The summed E-state index contributed by atoms with van der Waals surface area (Å²) in [4.78, 5) is 0. The number of aromatic nitrogens is 2. The van der Waals surface area contributed by atoms with Gasteiger partial charge in [0.25, 0.3) is 0 Å². The maximum atomic E-state index is 10.5. The lowest BCUT2D eigenvalue weighted by Crippen LogP contribution is -1.99. The SMILES string of the molecule is N#Cc1cc(-c2ccccc2-n2c3ccccc3c3c4oc5ccccc5c4ccc32)cc(-n2c3ccccc3c3c4oc5ccccc5c4ccc32)c1. The van der Waals surface area contributed by atoms with E-state index in [4.69, 9.17) is 8.83 Å². The number of hydrogen-bond donors (Lipinski definition) is 0. The van der Waals surface area contributed by atoms with Crippen LogP contribution < -0.4 is 0 Å². The molecule has 0 bridgehead atoms. The molecular formula is C49H27N3O2. The van der Waals surface area contributed by atoms with E-state index in [1.807, 2.05) is 36.4 Å². The average molecular weight is 690 g/mol. The molecule has 4 aromatic heterocycles. The molecule has 0 atom stereocenters. The molecule has 0 spiro atoms. The minimum absolute atomic E-state index is 0.583. The van der Waals surface area contributed by atoms with E-state index in [-0.39, 0.29) is 0 Å². The summed E-state index contributed by atoms with van der Waals surface area (Å²) in [7, 11) is 0. The maximum Gasteiger partial charge on any atom is 0.145 e. The molecule has 54 heavy (non-hydrogen) atoms. The highest BCUT2D eigenvalue weighted by Gasteiger charge is 2.22. The van der Waals surface area contributed by atoms with Crippen molar-refractivity contribution in [3.63, 3.8) is 0 Å². The molecule has 0 unspecified atom stereocenters. The molecule has 0 aliphatic heterocycles. The van der Waals surface area contributed by atoms with E-state index < -0.39 is 0 Å². The Morgan fingerprint density at radius 2 is 0.944 bits per heavy atom. The highest BCUT2D eigenvalue weighted by molar-refractivity contribution is 6.25. The van der Waals surface area contributed by atoms with E-state index in [1.54, 1.807) is 0 Å². The first-order chi connectivity index (χ1) is 26.7. The second-order valence-electron chi connectivity index (χ2n) is 14.0. The molecule has 0 aliphatic carbocycles. The molecule has 250 valence electrons. The van der Waals surface area contributed by atoms with Crippen LogP contribution in [0.5, 0.6) is 0 Å². The third-order valence-corrected chi connectivity index (χ3v) is 11.1. The van der Waals surface area contributed by atoms with Crippen LogP contribution in [0.4, 0.5) is 0 Å². The Labute approximate surface area is 307 Å². The zero-order valence-electron chi connectivity index (χ0n) is 28.7. The van der Waals surface area contributed by atoms with Crippen molar-refractivity contribution in [2.45, 2.75) is 0 Å². The lowest BCUT2D eigenvalue weighted by Gasteiger charge is -2.16. The van der Waals surface area contributed by atoms with E-state index in [0.29, 0.717) is 5.56 Å². The van der Waals surface area contributed by atoms with E-state index >= 15 is 0 Å². The van der Waals surface area contributed by atoms with E-state index in [2.05, 4.69) is 143 Å². The number of nitriles is 1. The van der Waals surface area contributed by atoms with Gasteiger partial charge in [-0.15, -0.1) is 0 Å². The molecule has 0 saturated heterocycles. The van der Waals surface area contributed by atoms with Gasteiger partial charge in [-0.05, 0) is 78.4 Å². The minimum Gasteiger partial charge on any atom is -0.455 e. The Morgan fingerprint density at radius 3 is 1.57 bits per heavy atom. The summed E-state index contributed by atoms with van der Waals surface area (Å²) < 4.78 is 17.7. The number of para-hydroxylation sites is 5. The van der Waals surface area contributed by atoms with Crippen LogP contribution in [-0.4, -0.2) is 9.13 Å². The predicted molar refractivity (Wildman–Crippen MR) is 220 cm³/mol. The van der Waals surface area contributed by atoms with E-state index in [0.717, 1.165) is 110 Å². The second kappa shape index (κ2) is 10.7. The molecule has 0 amide bonds. The topological polar surface area (TPSA) is 59.9 Å². The second-order valence-corrected chi connectivity index (χ2v) is 14.0. The van der Waals surface area contributed by atoms with Gasteiger partial charge < -0.3 is 18.0 Å². The number of fused-ring (bicyclic) bond motifs is 14. The molecule has 12 rings (SSSR count). The van der Waals surface area contributed by atoms with E-state index in [9.17, 15) is 5.26 Å². The van der Waals surface area contributed by atoms with Gasteiger partial charge in [0.05, 0.1) is 50.2 Å². The summed E-state index contributed by atoms with van der Waals surface area (Å²) in [5, 5.41) is 19.3. The normalized spacial score (nSPS) is 12.1. The number of nitrogens with zero attached hydrogens (tertiary/aromatic N) is 3. The predicted octanol–water partition coefficient (Wildman–Crippen LogP) is 13.2. The van der Waals surface area contributed by atoms with Crippen molar-refractivity contribution in [3.05, 3.63) is 169 Å². The summed E-state index contributed by atoms with van der Waals surface area (Å²) >= 11 is 0. The largest absolute Gasteiger partial charge is 0.455 e. The zero-order chi connectivity index (χ0) is 35.5. The first kappa shape index (κ1) is 29.1. The molecule has 0 aliphatic rings. The van der Waals surface area contributed by atoms with Gasteiger partial charge in [-0.25, -0.2) is 0 Å². The summed E-state index contributed by atoms with van der Waals surface area (Å²) in [5.41, 5.74) is 12.2. The molecule has 0 radical (unpaired) electrons. The lowest BCUT2D eigenvalue weighted by atomic mass is 10.00. The Balaban J connectivity index is 1.13. The van der Waals surface area contributed by atoms with Gasteiger partial charge in [-0.1, -0.05) is 91.0 Å². The number of rotatable bonds is 3. The first-order valence-electron chi connectivity index (χ1n) is 18.1. The van der Waals surface area contributed by atoms with Crippen LogP contribution in [0.3, 0.4) is 0 Å². The number of benzene rings is 8. The third-order valence-electron chi connectivity index (χ3n) is 11.1. The molecular weight excluding hydrogens is 663 g/mol. The van der Waals surface area contributed by atoms with Crippen LogP contribution in [0.2, 0.25) is 0 Å². The summed E-state index contributed by atoms with van der Waals surface area (Å²) in [5.74, 6) is 0. The van der Waals surface area contributed by atoms with Crippen molar-refractivity contribution in [1.29, 1.82) is 5.26 Å². The summed E-state index contributed by atoms with van der Waals surface area (Å²) in [6, 6.07) is 59.3. The maximum absolute atomic E-state index is 10.5. The fourth-order valence-corrected chi connectivity index (χ4v) is 8.88. The van der Waals surface area contributed by atoms with Gasteiger partial charge in [0, 0.05) is 43.6 Å². The number of furan rings is 2. The summed E-state index contributed by atoms with van der Waals surface area (Å²) in [6.07, 6.45) is 0.